The summed E-state index contributed by atoms with van der Waals surface area (Å²) in [6.07, 6.45) is 0.127. The van der Waals surface area contributed by atoms with Crippen molar-refractivity contribution in [3.05, 3.63) is 0 Å². The molecule has 1 amide bonds. The second-order valence-corrected chi connectivity index (χ2v) is 4.82. The molecule has 2 atom stereocenters. The lowest BCUT2D eigenvalue weighted by Crippen LogP contribution is -2.34. The van der Waals surface area contributed by atoms with Crippen LogP contribution in [0.25, 0.3) is 0 Å². The van der Waals surface area contributed by atoms with Gasteiger partial charge in [-0.15, -0.1) is 0 Å². The number of β-amino-alcohol motifs (C(OH)–C–C–N with tert-alkyl or cyclic N) is 1. The zero-order valence-electron chi connectivity index (χ0n) is 9.72. The number of hydrogen-bond acceptors (Lipinski definition) is 3. The summed E-state index contributed by atoms with van der Waals surface area (Å²) in [5, 5.41) is 18.5. The molecule has 0 radical (unpaired) electrons. The highest BCUT2D eigenvalue weighted by Gasteiger charge is 2.34. The van der Waals surface area contributed by atoms with Gasteiger partial charge in [-0.05, 0) is 12.3 Å². The number of carboxylic acids is 1. The van der Waals surface area contributed by atoms with Crippen LogP contribution in [0.4, 0.5) is 0 Å². The Balaban J connectivity index is 2.44. The van der Waals surface area contributed by atoms with E-state index in [1.54, 1.807) is 0 Å². The highest BCUT2D eigenvalue weighted by Crippen LogP contribution is 2.19. The van der Waals surface area contributed by atoms with Crippen LogP contribution < -0.4 is 0 Å². The van der Waals surface area contributed by atoms with Gasteiger partial charge in [0.15, 0.2) is 0 Å². The third kappa shape index (κ3) is 3.48. The van der Waals surface area contributed by atoms with Gasteiger partial charge in [-0.25, -0.2) is 0 Å². The number of carboxylic acid groups (broad SMARTS) is 1. The van der Waals surface area contributed by atoms with E-state index in [0.29, 0.717) is 12.3 Å². The molecule has 5 nitrogen and oxygen atoms in total. The zero-order valence-corrected chi connectivity index (χ0v) is 9.72. The van der Waals surface area contributed by atoms with Gasteiger partial charge in [-0.3, -0.25) is 9.59 Å². The molecule has 1 saturated heterocycles. The van der Waals surface area contributed by atoms with Gasteiger partial charge in [0.05, 0.1) is 12.0 Å². The molecule has 0 aromatic heterocycles. The molecular weight excluding hydrogens is 210 g/mol. The van der Waals surface area contributed by atoms with E-state index in [0.717, 1.165) is 0 Å². The van der Waals surface area contributed by atoms with Crippen LogP contribution in [0.2, 0.25) is 0 Å². The molecule has 0 aliphatic carbocycles. The summed E-state index contributed by atoms with van der Waals surface area (Å²) in [6.45, 7) is 4.47. The zero-order chi connectivity index (χ0) is 12.3. The van der Waals surface area contributed by atoms with E-state index in [1.165, 1.54) is 4.90 Å². The number of aliphatic hydroxyl groups excluding tert-OH is 1. The van der Waals surface area contributed by atoms with Gasteiger partial charge in [0.2, 0.25) is 5.91 Å². The van der Waals surface area contributed by atoms with Gasteiger partial charge in [-0.1, -0.05) is 13.8 Å². The Kier molecular flexibility index (Phi) is 4.29. The fourth-order valence-electron chi connectivity index (χ4n) is 1.99. The third-order valence-electron chi connectivity index (χ3n) is 2.74. The monoisotopic (exact) mass is 229 g/mol. The number of nitrogens with zero attached hydrogens (tertiary/aromatic N) is 1. The van der Waals surface area contributed by atoms with Gasteiger partial charge in [0.25, 0.3) is 0 Å². The van der Waals surface area contributed by atoms with Crippen LogP contribution in [0.3, 0.4) is 0 Å². The molecule has 0 saturated carbocycles. The van der Waals surface area contributed by atoms with Crippen LogP contribution in [0.1, 0.15) is 26.7 Å². The van der Waals surface area contributed by atoms with Crippen LogP contribution >= 0.6 is 0 Å². The van der Waals surface area contributed by atoms with Crippen molar-refractivity contribution in [2.45, 2.75) is 32.8 Å². The lowest BCUT2D eigenvalue weighted by Gasteiger charge is -2.21. The fraction of sp³-hybridized carbons (Fsp3) is 0.818. The van der Waals surface area contributed by atoms with Crippen molar-refractivity contribution in [3.8, 4) is 0 Å². The van der Waals surface area contributed by atoms with Crippen molar-refractivity contribution >= 4 is 11.9 Å². The maximum absolute atomic E-state index is 11.5. The second kappa shape index (κ2) is 5.30. The predicted octanol–water partition coefficient (Wildman–Crippen LogP) is 0.326. The fourth-order valence-corrected chi connectivity index (χ4v) is 1.99. The molecule has 1 fully saturated rings. The Morgan fingerprint density at radius 2 is 2.19 bits per heavy atom. The van der Waals surface area contributed by atoms with Crippen molar-refractivity contribution in [2.75, 3.05) is 13.1 Å². The predicted molar refractivity (Wildman–Crippen MR) is 57.8 cm³/mol. The molecule has 1 aliphatic heterocycles. The van der Waals surface area contributed by atoms with Crippen LogP contribution in [-0.4, -0.2) is 46.2 Å². The third-order valence-corrected chi connectivity index (χ3v) is 2.74. The maximum atomic E-state index is 11.5. The van der Waals surface area contributed by atoms with Gasteiger partial charge < -0.3 is 15.1 Å². The van der Waals surface area contributed by atoms with Gasteiger partial charge in [-0.2, -0.15) is 0 Å². The number of carbonyl (C=O) groups excluding carboxylic acids is 1. The average molecular weight is 229 g/mol. The minimum Gasteiger partial charge on any atom is -0.481 e. The van der Waals surface area contributed by atoms with E-state index in [-0.39, 0.29) is 25.4 Å². The van der Waals surface area contributed by atoms with Crippen molar-refractivity contribution in [2.24, 2.45) is 11.8 Å². The number of aliphatic carboxylic acids is 1. The normalized spacial score (nSPS) is 22.9. The summed E-state index contributed by atoms with van der Waals surface area (Å²) in [5.41, 5.74) is 0. The molecule has 5 heteroatoms. The van der Waals surface area contributed by atoms with Crippen molar-refractivity contribution in [1.29, 1.82) is 0 Å². The summed E-state index contributed by atoms with van der Waals surface area (Å²) in [6, 6.07) is 0. The average Bonchev–Trinajstić information content (AvgIpc) is 2.46. The molecule has 0 aromatic rings. The minimum atomic E-state index is -0.936. The largest absolute Gasteiger partial charge is 0.481 e. The lowest BCUT2D eigenvalue weighted by atomic mass is 10.1. The van der Waals surface area contributed by atoms with E-state index >= 15 is 0 Å². The Labute approximate surface area is 95.1 Å². The molecule has 16 heavy (non-hydrogen) atoms. The number of amides is 1. The molecule has 0 bridgehead atoms. The number of rotatable bonds is 5. The van der Waals surface area contributed by atoms with E-state index in [2.05, 4.69) is 0 Å². The molecular formula is C11H19NO4. The topological polar surface area (TPSA) is 77.8 Å². The summed E-state index contributed by atoms with van der Waals surface area (Å²) in [5.74, 6) is -1.36. The van der Waals surface area contributed by atoms with Crippen LogP contribution in [0.5, 0.6) is 0 Å². The van der Waals surface area contributed by atoms with E-state index in [4.69, 9.17) is 5.11 Å². The summed E-state index contributed by atoms with van der Waals surface area (Å²) < 4.78 is 0. The van der Waals surface area contributed by atoms with Crippen LogP contribution in [0, 0.1) is 11.8 Å². The molecule has 1 heterocycles. The SMILES string of the molecule is CC(C)CC(O)CN1CC(C(=O)O)CC1=O. The first-order valence-electron chi connectivity index (χ1n) is 5.58. The maximum Gasteiger partial charge on any atom is 0.308 e. The van der Waals surface area contributed by atoms with Gasteiger partial charge >= 0.3 is 5.97 Å². The van der Waals surface area contributed by atoms with Gasteiger partial charge in [0.1, 0.15) is 0 Å². The molecule has 2 N–H and O–H groups in total. The molecule has 0 spiro atoms. The Morgan fingerprint density at radius 1 is 1.56 bits per heavy atom. The highest BCUT2D eigenvalue weighted by molar-refractivity contribution is 5.86. The quantitative estimate of drug-likeness (QED) is 0.712. The second-order valence-electron chi connectivity index (χ2n) is 4.82. The first-order valence-corrected chi connectivity index (χ1v) is 5.58. The first-order chi connectivity index (χ1) is 7.40. The van der Waals surface area contributed by atoms with E-state index < -0.39 is 18.0 Å². The van der Waals surface area contributed by atoms with E-state index in [9.17, 15) is 14.7 Å². The molecule has 2 unspecified atom stereocenters. The number of aliphatic hydroxyl groups is 1. The molecule has 1 aliphatic rings. The Bertz CT molecular complexity index is 277. The smallest absolute Gasteiger partial charge is 0.308 e. The van der Waals surface area contributed by atoms with Crippen molar-refractivity contribution in [1.82, 2.24) is 4.90 Å². The number of hydrogen-bond donors (Lipinski definition) is 2. The molecule has 92 valence electrons. The molecule has 0 aromatic carbocycles. The number of carbonyl (C=O) groups is 2. The van der Waals surface area contributed by atoms with Crippen molar-refractivity contribution < 1.29 is 19.8 Å². The van der Waals surface area contributed by atoms with Crippen molar-refractivity contribution in [3.63, 3.8) is 0 Å². The number of likely N-dealkylation sites (tertiary alicyclic amines) is 1. The summed E-state index contributed by atoms with van der Waals surface area (Å²) in [4.78, 5) is 23.6. The first kappa shape index (κ1) is 13.0. The highest BCUT2D eigenvalue weighted by atomic mass is 16.4. The van der Waals surface area contributed by atoms with Gasteiger partial charge in [0, 0.05) is 19.5 Å². The van der Waals surface area contributed by atoms with Crippen LogP contribution in [-0.2, 0) is 9.59 Å². The molecule has 1 rings (SSSR count). The minimum absolute atomic E-state index is 0.0593. The van der Waals surface area contributed by atoms with Crippen LogP contribution in [0.15, 0.2) is 0 Å². The summed E-state index contributed by atoms with van der Waals surface area (Å²) >= 11 is 0. The lowest BCUT2D eigenvalue weighted by molar-refractivity contribution is -0.141. The summed E-state index contributed by atoms with van der Waals surface area (Å²) in [7, 11) is 0. The Morgan fingerprint density at radius 3 is 2.62 bits per heavy atom. The Hall–Kier alpha value is -1.10. The van der Waals surface area contributed by atoms with E-state index in [1.807, 2.05) is 13.8 Å². The standard InChI is InChI=1S/C11H19NO4/c1-7(2)3-9(13)6-12-5-8(11(15)16)4-10(12)14/h7-9,13H,3-6H2,1-2H3,(H,15,16).